The van der Waals surface area contributed by atoms with Gasteiger partial charge in [0.15, 0.2) is 22.2 Å². The monoisotopic (exact) mass is 482 g/mol. The summed E-state index contributed by atoms with van der Waals surface area (Å²) >= 11 is 0. The van der Waals surface area contributed by atoms with Crippen LogP contribution in [0, 0.1) is 0 Å². The number of furan rings is 1. The first-order valence-electron chi connectivity index (χ1n) is 10.4. The molecule has 0 saturated carbocycles. The smallest absolute Gasteiger partial charge is 0.329 e. The maximum absolute atomic E-state index is 13.0. The molecule has 1 aliphatic heterocycles. The van der Waals surface area contributed by atoms with Crippen molar-refractivity contribution in [3.05, 3.63) is 83.8 Å². The number of fused-ring (bicyclic) bond motifs is 1. The fourth-order valence-corrected chi connectivity index (χ4v) is 4.33. The van der Waals surface area contributed by atoms with E-state index >= 15 is 0 Å². The lowest BCUT2D eigenvalue weighted by atomic mass is 9.93. The third-order valence-corrected chi connectivity index (χ3v) is 6.55. The highest BCUT2D eigenvalue weighted by atomic mass is 32.2. The molecule has 0 saturated heterocycles. The molecule has 9 nitrogen and oxygen atoms in total. The van der Waals surface area contributed by atoms with Crippen LogP contribution in [0.15, 0.2) is 76.2 Å². The van der Waals surface area contributed by atoms with E-state index in [1.54, 1.807) is 6.07 Å². The molecule has 0 radical (unpaired) electrons. The maximum atomic E-state index is 13.0. The number of ether oxygens (including phenoxy) is 1. The molecule has 0 bridgehead atoms. The van der Waals surface area contributed by atoms with Crippen LogP contribution in [0.2, 0.25) is 0 Å². The molecule has 1 aliphatic rings. The quantitative estimate of drug-likeness (QED) is 0.535. The van der Waals surface area contributed by atoms with Crippen LogP contribution in [-0.4, -0.2) is 50.0 Å². The second-order valence-corrected chi connectivity index (χ2v) is 9.87. The summed E-state index contributed by atoms with van der Waals surface area (Å²) in [4.78, 5) is 39.7. The van der Waals surface area contributed by atoms with Crippen LogP contribution >= 0.6 is 0 Å². The van der Waals surface area contributed by atoms with E-state index in [9.17, 15) is 22.8 Å². The number of carbonyl (C=O) groups is 3. The Morgan fingerprint density at radius 3 is 2.38 bits per heavy atom. The van der Waals surface area contributed by atoms with Crippen molar-refractivity contribution in [3.8, 4) is 0 Å². The number of anilines is 1. The highest BCUT2D eigenvalue weighted by Gasteiger charge is 2.37. The Morgan fingerprint density at radius 2 is 1.74 bits per heavy atom. The molecule has 3 aromatic rings. The molecule has 1 atom stereocenters. The van der Waals surface area contributed by atoms with Gasteiger partial charge in [0.1, 0.15) is 6.04 Å². The minimum atomic E-state index is -3.35. The lowest BCUT2D eigenvalue weighted by Gasteiger charge is -2.34. The molecule has 2 heterocycles. The lowest BCUT2D eigenvalue weighted by molar-refractivity contribution is -0.152. The van der Waals surface area contributed by atoms with Crippen molar-refractivity contribution in [3.63, 3.8) is 0 Å². The average molecular weight is 483 g/mol. The lowest BCUT2D eigenvalue weighted by Crippen LogP contribution is -2.49. The SMILES string of the molecule is CS(=O)(=O)c1ccc(NC(=O)COC(=O)[C@@H]2Cc3ccccc3CN2C(=O)c2ccco2)cc1. The maximum Gasteiger partial charge on any atom is 0.329 e. The Labute approximate surface area is 196 Å². The summed E-state index contributed by atoms with van der Waals surface area (Å²) in [5, 5.41) is 2.54. The largest absolute Gasteiger partial charge is 0.459 e. The molecule has 1 aromatic heterocycles. The number of nitrogens with one attached hydrogen (secondary N) is 1. The minimum absolute atomic E-state index is 0.104. The predicted octanol–water partition coefficient (Wildman–Crippen LogP) is 2.43. The molecule has 34 heavy (non-hydrogen) atoms. The third-order valence-electron chi connectivity index (χ3n) is 5.43. The highest BCUT2D eigenvalue weighted by molar-refractivity contribution is 7.90. The first-order chi connectivity index (χ1) is 16.2. The van der Waals surface area contributed by atoms with E-state index in [2.05, 4.69) is 5.32 Å². The number of amides is 2. The normalized spacial score (nSPS) is 15.3. The van der Waals surface area contributed by atoms with Crippen LogP contribution in [0.4, 0.5) is 5.69 Å². The number of esters is 1. The molecule has 0 fully saturated rings. The molecule has 1 N–H and O–H groups in total. The first-order valence-corrected chi connectivity index (χ1v) is 12.3. The Balaban J connectivity index is 1.43. The van der Waals surface area contributed by atoms with E-state index in [1.165, 1.54) is 41.5 Å². The molecule has 4 rings (SSSR count). The zero-order valence-corrected chi connectivity index (χ0v) is 19.1. The summed E-state index contributed by atoms with van der Waals surface area (Å²) in [5.74, 6) is -1.65. The zero-order valence-electron chi connectivity index (χ0n) is 18.3. The fourth-order valence-electron chi connectivity index (χ4n) is 3.70. The van der Waals surface area contributed by atoms with Gasteiger partial charge in [0.2, 0.25) is 0 Å². The Bertz CT molecular complexity index is 1320. The van der Waals surface area contributed by atoms with Gasteiger partial charge in [-0.15, -0.1) is 0 Å². The van der Waals surface area contributed by atoms with Gasteiger partial charge in [-0.05, 0) is 47.5 Å². The van der Waals surface area contributed by atoms with Gasteiger partial charge >= 0.3 is 5.97 Å². The van der Waals surface area contributed by atoms with Crippen LogP contribution in [0.5, 0.6) is 0 Å². The van der Waals surface area contributed by atoms with E-state index in [0.717, 1.165) is 17.4 Å². The second-order valence-electron chi connectivity index (χ2n) is 7.85. The van der Waals surface area contributed by atoms with Crippen molar-refractivity contribution < 1.29 is 32.0 Å². The van der Waals surface area contributed by atoms with Crippen molar-refractivity contribution in [1.29, 1.82) is 0 Å². The van der Waals surface area contributed by atoms with Crippen molar-refractivity contribution in [2.75, 3.05) is 18.2 Å². The summed E-state index contributed by atoms with van der Waals surface area (Å²) < 4.78 is 33.5. The predicted molar refractivity (Wildman–Crippen MR) is 122 cm³/mol. The molecule has 0 unspecified atom stereocenters. The van der Waals surface area contributed by atoms with E-state index < -0.39 is 40.3 Å². The van der Waals surface area contributed by atoms with E-state index in [1.807, 2.05) is 24.3 Å². The van der Waals surface area contributed by atoms with Crippen LogP contribution in [0.25, 0.3) is 0 Å². The summed E-state index contributed by atoms with van der Waals surface area (Å²) in [7, 11) is -3.35. The van der Waals surface area contributed by atoms with Crippen molar-refractivity contribution in [1.82, 2.24) is 4.90 Å². The number of nitrogens with zero attached hydrogens (tertiary/aromatic N) is 1. The fraction of sp³-hybridized carbons (Fsp3) is 0.208. The van der Waals surface area contributed by atoms with Gasteiger partial charge in [0.05, 0.1) is 11.2 Å². The van der Waals surface area contributed by atoms with Crippen LogP contribution < -0.4 is 5.32 Å². The number of carbonyl (C=O) groups excluding carboxylic acids is 3. The molecule has 2 amide bonds. The standard InChI is InChI=1S/C24H22N2O7S/c1-34(30,31)19-10-8-18(9-11-19)25-22(27)15-33-24(29)20-13-16-5-2-3-6-17(16)14-26(20)23(28)21-7-4-12-32-21/h2-12,20H,13-15H2,1H3,(H,25,27)/t20-/m0/s1. The van der Waals surface area contributed by atoms with Gasteiger partial charge in [-0.3, -0.25) is 9.59 Å². The Kier molecular flexibility index (Phi) is 6.51. The zero-order chi connectivity index (χ0) is 24.3. The van der Waals surface area contributed by atoms with Gasteiger partial charge < -0.3 is 19.4 Å². The molecule has 0 spiro atoms. The molecule has 10 heteroatoms. The van der Waals surface area contributed by atoms with E-state index in [0.29, 0.717) is 5.69 Å². The number of benzene rings is 2. The highest BCUT2D eigenvalue weighted by Crippen LogP contribution is 2.26. The van der Waals surface area contributed by atoms with Crippen LogP contribution in [-0.2, 0) is 37.1 Å². The van der Waals surface area contributed by atoms with Crippen molar-refractivity contribution >= 4 is 33.3 Å². The van der Waals surface area contributed by atoms with Gasteiger partial charge in [0, 0.05) is 24.9 Å². The van der Waals surface area contributed by atoms with Crippen molar-refractivity contribution in [2.45, 2.75) is 23.9 Å². The Morgan fingerprint density at radius 1 is 1.03 bits per heavy atom. The summed E-state index contributed by atoms with van der Waals surface area (Å²) in [6.45, 7) is -0.359. The molecular weight excluding hydrogens is 460 g/mol. The van der Waals surface area contributed by atoms with Gasteiger partial charge in [0.25, 0.3) is 11.8 Å². The van der Waals surface area contributed by atoms with Gasteiger partial charge in [-0.25, -0.2) is 13.2 Å². The van der Waals surface area contributed by atoms with E-state index in [4.69, 9.17) is 9.15 Å². The third kappa shape index (κ3) is 5.18. The number of hydrogen-bond donors (Lipinski definition) is 1. The van der Waals surface area contributed by atoms with Crippen LogP contribution in [0.1, 0.15) is 21.7 Å². The first kappa shape index (κ1) is 23.2. The molecule has 2 aromatic carbocycles. The summed E-state index contributed by atoms with van der Waals surface area (Å²) in [5.41, 5.74) is 2.19. The topological polar surface area (TPSA) is 123 Å². The molecular formula is C24H22N2O7S. The summed E-state index contributed by atoms with van der Waals surface area (Å²) in [6.07, 6.45) is 2.71. The Hall–Kier alpha value is -3.92. The molecule has 0 aliphatic carbocycles. The second kappa shape index (κ2) is 9.52. The van der Waals surface area contributed by atoms with Crippen LogP contribution in [0.3, 0.4) is 0 Å². The van der Waals surface area contributed by atoms with Crippen molar-refractivity contribution in [2.24, 2.45) is 0 Å². The minimum Gasteiger partial charge on any atom is -0.459 e. The van der Waals surface area contributed by atoms with Gasteiger partial charge in [-0.2, -0.15) is 0 Å². The number of hydrogen-bond acceptors (Lipinski definition) is 7. The van der Waals surface area contributed by atoms with E-state index in [-0.39, 0.29) is 23.6 Å². The molecule has 176 valence electrons. The summed E-state index contributed by atoms with van der Waals surface area (Å²) in [6, 6.07) is 15.3. The average Bonchev–Trinajstić information content (AvgIpc) is 3.36. The number of sulfone groups is 1. The van der Waals surface area contributed by atoms with Gasteiger partial charge in [-0.1, -0.05) is 24.3 Å². The number of rotatable bonds is 6.